The zero-order valence-corrected chi connectivity index (χ0v) is 7.38. The molecule has 0 fully saturated rings. The highest BCUT2D eigenvalue weighted by Gasteiger charge is 2.07. The molecule has 60 valence electrons. The Labute approximate surface area is 69.3 Å². The van der Waals surface area contributed by atoms with Gasteiger partial charge in [0.2, 0.25) is 0 Å². The van der Waals surface area contributed by atoms with Crippen molar-refractivity contribution in [1.82, 2.24) is 0 Å². The van der Waals surface area contributed by atoms with Gasteiger partial charge >= 0.3 is 0 Å². The number of rotatable bonds is 0. The van der Waals surface area contributed by atoms with Crippen molar-refractivity contribution >= 4 is 0 Å². The van der Waals surface area contributed by atoms with Crippen LogP contribution in [0, 0.1) is 5.41 Å². The van der Waals surface area contributed by atoms with Gasteiger partial charge in [0.15, 0.2) is 0 Å². The van der Waals surface area contributed by atoms with E-state index in [4.69, 9.17) is 0 Å². The van der Waals surface area contributed by atoms with Gasteiger partial charge in [-0.3, -0.25) is 0 Å². The second kappa shape index (κ2) is 3.56. The van der Waals surface area contributed by atoms with Gasteiger partial charge in [0.25, 0.3) is 0 Å². The molecule has 0 aromatic heterocycles. The van der Waals surface area contributed by atoms with Crippen LogP contribution in [0.4, 0.5) is 0 Å². The molecule has 0 spiro atoms. The van der Waals surface area contributed by atoms with Crippen LogP contribution >= 0.6 is 0 Å². The molecule has 0 saturated heterocycles. The number of hydrogen-bond acceptors (Lipinski definition) is 0. The summed E-state index contributed by atoms with van der Waals surface area (Å²) >= 11 is 0. The zero-order valence-electron chi connectivity index (χ0n) is 7.38. The first kappa shape index (κ1) is 8.32. The van der Waals surface area contributed by atoms with Crippen LogP contribution in [0.25, 0.3) is 0 Å². The molecule has 1 aliphatic rings. The van der Waals surface area contributed by atoms with Gasteiger partial charge in [-0.25, -0.2) is 0 Å². The third-order valence-corrected chi connectivity index (χ3v) is 1.82. The van der Waals surface area contributed by atoms with Crippen molar-refractivity contribution < 1.29 is 0 Å². The molecule has 0 saturated carbocycles. The van der Waals surface area contributed by atoms with Gasteiger partial charge in [0.1, 0.15) is 0 Å². The quantitative estimate of drug-likeness (QED) is 0.461. The van der Waals surface area contributed by atoms with E-state index in [1.165, 1.54) is 6.42 Å². The largest absolute Gasteiger partial charge is 0.0874 e. The van der Waals surface area contributed by atoms with Gasteiger partial charge in [-0.05, 0) is 12.8 Å². The molecule has 0 aromatic carbocycles. The summed E-state index contributed by atoms with van der Waals surface area (Å²) in [4.78, 5) is 0. The second-order valence-electron chi connectivity index (χ2n) is 3.59. The van der Waals surface area contributed by atoms with Gasteiger partial charge in [-0.15, -0.1) is 0 Å². The molecule has 1 rings (SSSR count). The molecule has 0 unspecified atom stereocenters. The summed E-state index contributed by atoms with van der Waals surface area (Å²) in [6.45, 7) is 4.44. The van der Waals surface area contributed by atoms with Crippen LogP contribution in [0.3, 0.4) is 0 Å². The van der Waals surface area contributed by atoms with E-state index in [1.807, 2.05) is 0 Å². The van der Waals surface area contributed by atoms with Gasteiger partial charge in [-0.1, -0.05) is 50.3 Å². The Hall–Kier alpha value is -0.780. The molecule has 0 bridgehead atoms. The average molecular weight is 148 g/mol. The lowest BCUT2D eigenvalue weighted by molar-refractivity contribution is 0.623. The van der Waals surface area contributed by atoms with E-state index in [1.54, 1.807) is 0 Å². The molecule has 0 atom stereocenters. The SMILES string of the molecule is CC1(C)/C=C\C=C\CC/C=C/1. The van der Waals surface area contributed by atoms with Crippen molar-refractivity contribution in [3.8, 4) is 0 Å². The van der Waals surface area contributed by atoms with E-state index in [0.29, 0.717) is 0 Å². The first-order chi connectivity index (χ1) is 5.21. The van der Waals surface area contributed by atoms with E-state index < -0.39 is 0 Å². The van der Waals surface area contributed by atoms with Crippen molar-refractivity contribution in [2.45, 2.75) is 26.7 Å². The Morgan fingerprint density at radius 1 is 0.909 bits per heavy atom. The van der Waals surface area contributed by atoms with Gasteiger partial charge in [0, 0.05) is 5.41 Å². The Morgan fingerprint density at radius 3 is 2.45 bits per heavy atom. The summed E-state index contributed by atoms with van der Waals surface area (Å²) in [5.41, 5.74) is 0.231. The predicted octanol–water partition coefficient (Wildman–Crippen LogP) is 3.48. The van der Waals surface area contributed by atoms with Crippen molar-refractivity contribution in [3.63, 3.8) is 0 Å². The van der Waals surface area contributed by atoms with Crippen molar-refractivity contribution in [3.05, 3.63) is 36.5 Å². The van der Waals surface area contributed by atoms with E-state index >= 15 is 0 Å². The van der Waals surface area contributed by atoms with E-state index in [0.717, 1.165) is 6.42 Å². The standard InChI is InChI=1S/C11H16/c1-11(2)9-7-5-3-4-6-8-10-11/h3,5,7-10H,4,6H2,1-2H3/b5-3+,9-7-,10-8+. The van der Waals surface area contributed by atoms with E-state index in [-0.39, 0.29) is 5.41 Å². The summed E-state index contributed by atoms with van der Waals surface area (Å²) in [7, 11) is 0. The minimum Gasteiger partial charge on any atom is -0.0874 e. The first-order valence-electron chi connectivity index (χ1n) is 4.23. The number of allylic oxidation sites excluding steroid dienone is 6. The third-order valence-electron chi connectivity index (χ3n) is 1.82. The van der Waals surface area contributed by atoms with Crippen LogP contribution < -0.4 is 0 Å². The van der Waals surface area contributed by atoms with Gasteiger partial charge in [-0.2, -0.15) is 0 Å². The topological polar surface area (TPSA) is 0 Å². The molecule has 0 aromatic rings. The Bertz CT molecular complexity index is 192. The highest BCUT2D eigenvalue weighted by molar-refractivity contribution is 5.14. The summed E-state index contributed by atoms with van der Waals surface area (Å²) < 4.78 is 0. The highest BCUT2D eigenvalue weighted by Crippen LogP contribution is 2.20. The molecule has 0 amide bonds. The van der Waals surface area contributed by atoms with Crippen molar-refractivity contribution in [2.24, 2.45) is 5.41 Å². The highest BCUT2D eigenvalue weighted by atomic mass is 14.1. The fourth-order valence-electron chi connectivity index (χ4n) is 1.11. The molecule has 0 heterocycles. The summed E-state index contributed by atoms with van der Waals surface area (Å²) in [6, 6.07) is 0. The molecule has 0 radical (unpaired) electrons. The number of hydrogen-bond donors (Lipinski definition) is 0. The predicted molar refractivity (Wildman–Crippen MR) is 50.4 cm³/mol. The minimum absolute atomic E-state index is 0.231. The molecular weight excluding hydrogens is 132 g/mol. The van der Waals surface area contributed by atoms with Crippen molar-refractivity contribution in [2.75, 3.05) is 0 Å². The van der Waals surface area contributed by atoms with E-state index in [9.17, 15) is 0 Å². The lowest BCUT2D eigenvalue weighted by Gasteiger charge is -2.13. The summed E-state index contributed by atoms with van der Waals surface area (Å²) in [5, 5.41) is 0. The zero-order chi connectivity index (χ0) is 8.16. The molecule has 0 N–H and O–H groups in total. The normalized spacial score (nSPS) is 31.1. The molecule has 1 aliphatic carbocycles. The lowest BCUT2D eigenvalue weighted by atomic mass is 9.92. The van der Waals surface area contributed by atoms with Crippen molar-refractivity contribution in [1.29, 1.82) is 0 Å². The smallest absolute Gasteiger partial charge is 0.000751 e. The molecular formula is C11H16. The summed E-state index contributed by atoms with van der Waals surface area (Å²) in [6.07, 6.45) is 15.6. The maximum Gasteiger partial charge on any atom is 0.000751 e. The van der Waals surface area contributed by atoms with Crippen LogP contribution in [-0.2, 0) is 0 Å². The third kappa shape index (κ3) is 3.22. The summed E-state index contributed by atoms with van der Waals surface area (Å²) in [5.74, 6) is 0. The molecule has 0 aliphatic heterocycles. The van der Waals surface area contributed by atoms with Crippen LogP contribution in [0.5, 0.6) is 0 Å². The minimum atomic E-state index is 0.231. The van der Waals surface area contributed by atoms with Gasteiger partial charge < -0.3 is 0 Å². The van der Waals surface area contributed by atoms with Crippen LogP contribution in [-0.4, -0.2) is 0 Å². The maximum absolute atomic E-state index is 2.27. The first-order valence-corrected chi connectivity index (χ1v) is 4.23. The van der Waals surface area contributed by atoms with Crippen LogP contribution in [0.1, 0.15) is 26.7 Å². The monoisotopic (exact) mass is 148 g/mol. The average Bonchev–Trinajstić information content (AvgIpc) is 2.00. The lowest BCUT2D eigenvalue weighted by Crippen LogP contribution is -2.01. The van der Waals surface area contributed by atoms with E-state index in [2.05, 4.69) is 50.3 Å². The Kier molecular flexibility index (Phi) is 2.70. The van der Waals surface area contributed by atoms with Gasteiger partial charge in [0.05, 0.1) is 0 Å². The Balaban J connectivity index is 2.73. The Morgan fingerprint density at radius 2 is 1.64 bits per heavy atom. The fourth-order valence-corrected chi connectivity index (χ4v) is 1.11. The molecule has 11 heavy (non-hydrogen) atoms. The molecule has 0 nitrogen and oxygen atoms in total. The fraction of sp³-hybridized carbons (Fsp3) is 0.455. The van der Waals surface area contributed by atoms with Crippen LogP contribution in [0.15, 0.2) is 36.5 Å². The maximum atomic E-state index is 2.27. The van der Waals surface area contributed by atoms with Crippen LogP contribution in [0.2, 0.25) is 0 Å². The second-order valence-corrected chi connectivity index (χ2v) is 3.59. The molecule has 0 heteroatoms.